The zero-order valence-corrected chi connectivity index (χ0v) is 27.6. The van der Waals surface area contributed by atoms with Crippen molar-refractivity contribution in [3.05, 3.63) is 75.4 Å². The second-order valence-corrected chi connectivity index (χ2v) is 13.1. The number of thiophene rings is 1. The van der Waals surface area contributed by atoms with Crippen LogP contribution in [0.2, 0.25) is 4.34 Å². The number of unbranched alkanes of at least 4 members (excludes halogenated alkanes) is 1. The summed E-state index contributed by atoms with van der Waals surface area (Å²) < 4.78 is 11.1. The number of halogens is 1. The zero-order chi connectivity index (χ0) is 34.2. The summed E-state index contributed by atoms with van der Waals surface area (Å²) in [6.07, 6.45) is -0.223. The number of hydrogen-bond donors (Lipinski definition) is 3. The van der Waals surface area contributed by atoms with Gasteiger partial charge in [0.2, 0.25) is 11.8 Å². The van der Waals surface area contributed by atoms with Gasteiger partial charge < -0.3 is 30.5 Å². The minimum Gasteiger partial charge on any atom is -0.508 e. The number of cyclic esters (lactones) is 1. The second-order valence-electron chi connectivity index (χ2n) is 11.4. The van der Waals surface area contributed by atoms with Crippen LogP contribution in [0.15, 0.2) is 60.7 Å². The first kappa shape index (κ1) is 34.8. The highest BCUT2D eigenvalue weighted by molar-refractivity contribution is 7.18. The Bertz CT molecular complexity index is 1630. The number of nitrogens with two attached hydrogens (primary N) is 1. The topological polar surface area (TPSA) is 172 Å². The number of phenols is 1. The molecule has 0 saturated carbocycles. The van der Waals surface area contributed by atoms with Crippen molar-refractivity contribution in [3.63, 3.8) is 0 Å². The molecule has 13 nitrogen and oxygen atoms in total. The van der Waals surface area contributed by atoms with Crippen molar-refractivity contribution in [2.24, 2.45) is 5.73 Å². The van der Waals surface area contributed by atoms with Gasteiger partial charge in [0.15, 0.2) is 0 Å². The average molecular weight is 698 g/mol. The lowest BCUT2D eigenvalue weighted by molar-refractivity contribution is -0.129. The van der Waals surface area contributed by atoms with E-state index in [0.29, 0.717) is 48.1 Å². The van der Waals surface area contributed by atoms with Crippen molar-refractivity contribution in [2.75, 3.05) is 49.2 Å². The molecule has 2 aromatic carbocycles. The van der Waals surface area contributed by atoms with E-state index in [9.17, 15) is 29.1 Å². The molecule has 15 heteroatoms. The van der Waals surface area contributed by atoms with Gasteiger partial charge in [-0.2, -0.15) is 0 Å². The van der Waals surface area contributed by atoms with Gasteiger partial charge in [0.25, 0.3) is 11.8 Å². The first-order chi connectivity index (χ1) is 23.1. The smallest absolute Gasteiger partial charge is 0.414 e. The molecule has 2 fully saturated rings. The number of morpholine rings is 1. The lowest BCUT2D eigenvalue weighted by atomic mass is 10.1. The Morgan fingerprint density at radius 2 is 1.73 bits per heavy atom. The van der Waals surface area contributed by atoms with E-state index >= 15 is 0 Å². The maximum absolute atomic E-state index is 13.4. The lowest BCUT2D eigenvalue weighted by Gasteiger charge is -2.27. The highest BCUT2D eigenvalue weighted by Gasteiger charge is 2.36. The molecule has 0 radical (unpaired) electrons. The molecule has 48 heavy (non-hydrogen) atoms. The van der Waals surface area contributed by atoms with E-state index in [1.807, 2.05) is 0 Å². The number of rotatable bonds is 13. The molecule has 3 aromatic rings. The standard InChI is InChI=1S/C33H36ClN5O8S/c34-28-13-12-27(48-28)32(44)39(29(41)3-1-2-14-36-31(43)26(35)17-21-4-10-24(40)11-5-21)19-25-18-38(33(45)47-25)23-8-6-22(7-9-23)37-15-16-46-20-30(37)42/h4-13,25-26,40H,1-3,14-20,35H2,(H,36,43)/t25?,26-/m0/s1. The van der Waals surface area contributed by atoms with Gasteiger partial charge in [0.1, 0.15) is 18.5 Å². The number of phenolic OH excluding ortho intramolecular Hbond substituents is 1. The Labute approximate surface area is 286 Å². The lowest BCUT2D eigenvalue weighted by Crippen LogP contribution is -2.43. The summed E-state index contributed by atoms with van der Waals surface area (Å²) in [6, 6.07) is 15.7. The highest BCUT2D eigenvalue weighted by Crippen LogP contribution is 2.28. The molecule has 2 atom stereocenters. The maximum Gasteiger partial charge on any atom is 0.414 e. The fourth-order valence-electron chi connectivity index (χ4n) is 5.35. The number of benzene rings is 2. The molecule has 0 spiro atoms. The Balaban J connectivity index is 1.14. The number of nitrogens with one attached hydrogen (secondary N) is 1. The summed E-state index contributed by atoms with van der Waals surface area (Å²) in [6.45, 7) is 1.13. The summed E-state index contributed by atoms with van der Waals surface area (Å²) >= 11 is 7.10. The Hall–Kier alpha value is -4.50. The molecule has 254 valence electrons. The van der Waals surface area contributed by atoms with Crippen molar-refractivity contribution in [1.29, 1.82) is 0 Å². The van der Waals surface area contributed by atoms with Crippen LogP contribution in [0.25, 0.3) is 0 Å². The molecule has 3 heterocycles. The van der Waals surface area contributed by atoms with Crippen LogP contribution in [0.4, 0.5) is 16.2 Å². The van der Waals surface area contributed by atoms with E-state index in [0.717, 1.165) is 21.8 Å². The number of carbonyl (C=O) groups is 5. The second kappa shape index (κ2) is 16.1. The summed E-state index contributed by atoms with van der Waals surface area (Å²) in [5, 5.41) is 12.2. The molecule has 0 bridgehead atoms. The van der Waals surface area contributed by atoms with Gasteiger partial charge in [-0.3, -0.25) is 29.0 Å². The largest absolute Gasteiger partial charge is 0.508 e. The number of nitrogens with zero attached hydrogens (tertiary/aromatic N) is 3. The first-order valence-electron chi connectivity index (χ1n) is 15.5. The van der Waals surface area contributed by atoms with Crippen molar-refractivity contribution in [1.82, 2.24) is 10.2 Å². The molecular weight excluding hydrogens is 662 g/mol. The van der Waals surface area contributed by atoms with Crippen LogP contribution in [0.3, 0.4) is 0 Å². The number of amides is 5. The summed E-state index contributed by atoms with van der Waals surface area (Å²) in [4.78, 5) is 68.7. The highest BCUT2D eigenvalue weighted by atomic mass is 35.5. The molecule has 0 aliphatic carbocycles. The van der Waals surface area contributed by atoms with Gasteiger partial charge >= 0.3 is 6.09 Å². The Morgan fingerprint density at radius 3 is 2.40 bits per heavy atom. The molecule has 2 aliphatic heterocycles. The van der Waals surface area contributed by atoms with Gasteiger partial charge in [-0.25, -0.2) is 4.79 Å². The average Bonchev–Trinajstić information content (AvgIpc) is 3.69. The van der Waals surface area contributed by atoms with Gasteiger partial charge in [-0.1, -0.05) is 23.7 Å². The van der Waals surface area contributed by atoms with Crippen molar-refractivity contribution >= 4 is 64.0 Å². The Morgan fingerprint density at radius 1 is 1.02 bits per heavy atom. The molecular formula is C33H36ClN5O8S. The van der Waals surface area contributed by atoms with Gasteiger partial charge in [0, 0.05) is 30.9 Å². The van der Waals surface area contributed by atoms with Crippen LogP contribution in [-0.4, -0.2) is 91.3 Å². The molecule has 4 N–H and O–H groups in total. The van der Waals surface area contributed by atoms with Crippen LogP contribution < -0.4 is 20.9 Å². The van der Waals surface area contributed by atoms with Crippen LogP contribution in [0.1, 0.15) is 34.5 Å². The van der Waals surface area contributed by atoms with Crippen LogP contribution in [-0.2, 0) is 30.3 Å². The molecule has 2 saturated heterocycles. The maximum atomic E-state index is 13.4. The van der Waals surface area contributed by atoms with E-state index in [-0.39, 0.29) is 55.1 Å². The number of imide groups is 1. The number of aromatic hydroxyl groups is 1. The normalized spacial score (nSPS) is 16.8. The molecule has 5 rings (SSSR count). The SMILES string of the molecule is N[C@@H](Cc1ccc(O)cc1)C(=O)NCCCCC(=O)N(CC1CN(c2ccc(N3CCOCC3=O)cc2)C(=O)O1)C(=O)c1ccc(Cl)s1. The van der Waals surface area contributed by atoms with Crippen molar-refractivity contribution < 1.29 is 38.6 Å². The van der Waals surface area contributed by atoms with Gasteiger partial charge in [-0.15, -0.1) is 11.3 Å². The minimum atomic E-state index is -0.782. The number of hydrogen-bond acceptors (Lipinski definition) is 10. The summed E-state index contributed by atoms with van der Waals surface area (Å²) in [5.74, 6) is -1.35. The third-order valence-electron chi connectivity index (χ3n) is 7.89. The van der Waals surface area contributed by atoms with Crippen molar-refractivity contribution in [2.45, 2.75) is 37.8 Å². The predicted octanol–water partition coefficient (Wildman–Crippen LogP) is 3.32. The molecule has 1 aromatic heterocycles. The fraction of sp³-hybridized carbons (Fsp3) is 0.364. The molecule has 1 unspecified atom stereocenters. The van der Waals surface area contributed by atoms with Gasteiger partial charge in [-0.05, 0) is 73.4 Å². The third-order valence-corrected chi connectivity index (χ3v) is 9.11. The predicted molar refractivity (Wildman–Crippen MR) is 179 cm³/mol. The number of ether oxygens (including phenoxy) is 2. The van der Waals surface area contributed by atoms with Crippen molar-refractivity contribution in [3.8, 4) is 5.75 Å². The van der Waals surface area contributed by atoms with E-state index in [4.69, 9.17) is 26.8 Å². The monoisotopic (exact) mass is 697 g/mol. The minimum absolute atomic E-state index is 0.0157. The van der Waals surface area contributed by atoms with E-state index in [1.165, 1.54) is 17.0 Å². The van der Waals surface area contributed by atoms with Gasteiger partial charge in [0.05, 0.1) is 35.0 Å². The fourth-order valence-corrected chi connectivity index (χ4v) is 6.34. The van der Waals surface area contributed by atoms with E-state index < -0.39 is 30.1 Å². The Kier molecular flexibility index (Phi) is 11.7. The quantitative estimate of drug-likeness (QED) is 0.227. The molecule has 5 amide bonds. The summed E-state index contributed by atoms with van der Waals surface area (Å²) in [7, 11) is 0. The van der Waals surface area contributed by atoms with E-state index in [2.05, 4.69) is 5.32 Å². The molecule has 2 aliphatic rings. The number of carbonyl (C=O) groups excluding carboxylic acids is 5. The first-order valence-corrected chi connectivity index (χ1v) is 16.7. The van der Waals surface area contributed by atoms with Crippen LogP contribution in [0, 0.1) is 0 Å². The third kappa shape index (κ3) is 8.89. The van der Waals surface area contributed by atoms with E-state index in [1.54, 1.807) is 53.4 Å². The van der Waals surface area contributed by atoms with Crippen LogP contribution in [0.5, 0.6) is 5.75 Å². The zero-order valence-electron chi connectivity index (χ0n) is 26.0. The van der Waals surface area contributed by atoms with Crippen LogP contribution >= 0.6 is 22.9 Å². The number of anilines is 2. The summed E-state index contributed by atoms with van der Waals surface area (Å²) in [5.41, 5.74) is 8.06.